The summed E-state index contributed by atoms with van der Waals surface area (Å²) in [5, 5.41) is 3.95. The predicted molar refractivity (Wildman–Crippen MR) is 101 cm³/mol. The third kappa shape index (κ3) is 5.26. The maximum Gasteiger partial charge on any atom is 0.269 e. The zero-order valence-electron chi connectivity index (χ0n) is 12.7. The zero-order chi connectivity index (χ0) is 17.5. The van der Waals surface area contributed by atoms with Crippen LogP contribution in [0.2, 0.25) is 10.0 Å². The molecule has 0 aliphatic carbocycles. The van der Waals surface area contributed by atoms with Crippen molar-refractivity contribution < 1.29 is 9.53 Å². The van der Waals surface area contributed by atoms with E-state index in [1.807, 2.05) is 6.92 Å². The second-order valence-electron chi connectivity index (χ2n) is 4.62. The highest BCUT2D eigenvalue weighted by molar-refractivity contribution is 7.80. The monoisotopic (exact) mass is 383 g/mol. The molecule has 0 aliphatic rings. The summed E-state index contributed by atoms with van der Waals surface area (Å²) in [5.41, 5.74) is 6.22. The van der Waals surface area contributed by atoms with Crippen LogP contribution < -0.4 is 20.9 Å². The van der Waals surface area contributed by atoms with Gasteiger partial charge in [-0.3, -0.25) is 15.6 Å². The fourth-order valence-corrected chi connectivity index (χ4v) is 2.28. The van der Waals surface area contributed by atoms with Gasteiger partial charge in [0.15, 0.2) is 5.11 Å². The fraction of sp³-hybridized carbons (Fsp3) is 0.125. The predicted octanol–water partition coefficient (Wildman–Crippen LogP) is 4.02. The molecule has 5 nitrogen and oxygen atoms in total. The van der Waals surface area contributed by atoms with E-state index < -0.39 is 0 Å². The summed E-state index contributed by atoms with van der Waals surface area (Å²) in [6, 6.07) is 11.8. The summed E-state index contributed by atoms with van der Waals surface area (Å²) < 4.78 is 5.36. The van der Waals surface area contributed by atoms with Gasteiger partial charge in [-0.15, -0.1) is 0 Å². The van der Waals surface area contributed by atoms with Crippen molar-refractivity contribution in [3.8, 4) is 5.75 Å². The molecule has 2 rings (SSSR count). The van der Waals surface area contributed by atoms with Crippen molar-refractivity contribution in [3.63, 3.8) is 0 Å². The van der Waals surface area contributed by atoms with Crippen LogP contribution in [0.3, 0.4) is 0 Å². The van der Waals surface area contributed by atoms with E-state index in [0.717, 1.165) is 0 Å². The van der Waals surface area contributed by atoms with E-state index in [9.17, 15) is 4.79 Å². The van der Waals surface area contributed by atoms with Crippen molar-refractivity contribution in [2.45, 2.75) is 6.92 Å². The van der Waals surface area contributed by atoms with Crippen molar-refractivity contribution in [3.05, 3.63) is 58.1 Å². The van der Waals surface area contributed by atoms with Gasteiger partial charge in [0.05, 0.1) is 16.7 Å². The summed E-state index contributed by atoms with van der Waals surface area (Å²) in [6.45, 7) is 2.41. The summed E-state index contributed by atoms with van der Waals surface area (Å²) >= 11 is 16.9. The van der Waals surface area contributed by atoms with Crippen molar-refractivity contribution in [1.29, 1.82) is 0 Å². The quantitative estimate of drug-likeness (QED) is 0.549. The zero-order valence-corrected chi connectivity index (χ0v) is 15.1. The third-order valence-corrected chi connectivity index (χ3v) is 3.82. The number of halogens is 2. The minimum Gasteiger partial charge on any atom is -0.494 e. The molecule has 3 N–H and O–H groups in total. The Bertz CT molecular complexity index is 756. The third-order valence-electron chi connectivity index (χ3n) is 2.87. The second-order valence-corrected chi connectivity index (χ2v) is 5.85. The molecule has 0 saturated carbocycles. The molecular formula is C16H15Cl2N3O2S. The van der Waals surface area contributed by atoms with Crippen LogP contribution in [0.5, 0.6) is 5.75 Å². The van der Waals surface area contributed by atoms with Crippen LogP contribution in [-0.4, -0.2) is 17.6 Å². The number of hydrogen-bond acceptors (Lipinski definition) is 3. The van der Waals surface area contributed by atoms with Gasteiger partial charge in [-0.25, -0.2) is 0 Å². The summed E-state index contributed by atoms with van der Waals surface area (Å²) in [5.74, 6) is 0.288. The van der Waals surface area contributed by atoms with Gasteiger partial charge < -0.3 is 10.1 Å². The van der Waals surface area contributed by atoms with Gasteiger partial charge in [0.1, 0.15) is 5.75 Å². The summed E-state index contributed by atoms with van der Waals surface area (Å²) in [6.07, 6.45) is 0. The minimum absolute atomic E-state index is 0.211. The first kappa shape index (κ1) is 18.3. The number of nitrogens with one attached hydrogen (secondary N) is 3. The lowest BCUT2D eigenvalue weighted by Crippen LogP contribution is -2.43. The number of hydrazine groups is 1. The Labute approximate surface area is 155 Å². The van der Waals surface area contributed by atoms with Gasteiger partial charge in [-0.05, 0) is 55.5 Å². The van der Waals surface area contributed by atoms with Crippen LogP contribution >= 0.6 is 35.4 Å². The molecule has 0 saturated heterocycles. The molecule has 1 amide bonds. The van der Waals surface area contributed by atoms with E-state index in [1.54, 1.807) is 42.5 Å². The number of ether oxygens (including phenoxy) is 1. The lowest BCUT2D eigenvalue weighted by Gasteiger charge is -2.12. The summed E-state index contributed by atoms with van der Waals surface area (Å²) in [7, 11) is 0. The molecule has 0 aliphatic heterocycles. The van der Waals surface area contributed by atoms with Crippen LogP contribution in [0.4, 0.5) is 5.69 Å². The maximum atomic E-state index is 12.1. The van der Waals surface area contributed by atoms with Crippen LogP contribution in [0, 0.1) is 0 Å². The molecule has 0 unspecified atom stereocenters. The van der Waals surface area contributed by atoms with Gasteiger partial charge in [0.2, 0.25) is 0 Å². The van der Waals surface area contributed by atoms with Gasteiger partial charge >= 0.3 is 0 Å². The van der Waals surface area contributed by atoms with Crippen molar-refractivity contribution in [2.24, 2.45) is 0 Å². The highest BCUT2D eigenvalue weighted by atomic mass is 35.5. The van der Waals surface area contributed by atoms with Gasteiger partial charge in [-0.2, -0.15) is 0 Å². The van der Waals surface area contributed by atoms with E-state index in [1.165, 1.54) is 0 Å². The SMILES string of the molecule is CCOc1cccc(C(=O)NNC(=S)Nc2ccc(Cl)c(Cl)c2)c1. The Morgan fingerprint density at radius 2 is 1.92 bits per heavy atom. The van der Waals surface area contributed by atoms with Crippen molar-refractivity contribution >= 4 is 52.1 Å². The van der Waals surface area contributed by atoms with Gasteiger partial charge in [-0.1, -0.05) is 29.3 Å². The van der Waals surface area contributed by atoms with Gasteiger partial charge in [0, 0.05) is 11.3 Å². The average Bonchev–Trinajstić information content (AvgIpc) is 2.56. The number of carbonyl (C=O) groups is 1. The molecular weight excluding hydrogens is 369 g/mol. The van der Waals surface area contributed by atoms with E-state index in [4.69, 9.17) is 40.2 Å². The lowest BCUT2D eigenvalue weighted by atomic mass is 10.2. The first-order valence-electron chi connectivity index (χ1n) is 7.05. The number of benzene rings is 2. The molecule has 0 bridgehead atoms. The Kier molecular flexibility index (Phi) is 6.66. The largest absolute Gasteiger partial charge is 0.494 e. The smallest absolute Gasteiger partial charge is 0.269 e. The summed E-state index contributed by atoms with van der Waals surface area (Å²) in [4.78, 5) is 12.1. The average molecular weight is 384 g/mol. The van der Waals surface area contributed by atoms with Crippen LogP contribution in [0.25, 0.3) is 0 Å². The number of rotatable bonds is 4. The normalized spacial score (nSPS) is 9.96. The highest BCUT2D eigenvalue weighted by Crippen LogP contribution is 2.24. The van der Waals surface area contributed by atoms with Crippen molar-refractivity contribution in [2.75, 3.05) is 11.9 Å². The molecule has 0 aromatic heterocycles. The van der Waals surface area contributed by atoms with Crippen LogP contribution in [0.15, 0.2) is 42.5 Å². The van der Waals surface area contributed by atoms with E-state index in [-0.39, 0.29) is 11.0 Å². The van der Waals surface area contributed by atoms with Crippen LogP contribution in [-0.2, 0) is 0 Å². The van der Waals surface area contributed by atoms with Crippen LogP contribution in [0.1, 0.15) is 17.3 Å². The molecule has 0 heterocycles. The van der Waals surface area contributed by atoms with E-state index in [0.29, 0.717) is 33.7 Å². The molecule has 0 radical (unpaired) electrons. The number of hydrogen-bond donors (Lipinski definition) is 3. The molecule has 0 atom stereocenters. The highest BCUT2D eigenvalue weighted by Gasteiger charge is 2.07. The Morgan fingerprint density at radius 3 is 2.62 bits per heavy atom. The molecule has 24 heavy (non-hydrogen) atoms. The van der Waals surface area contributed by atoms with Gasteiger partial charge in [0.25, 0.3) is 5.91 Å². The molecule has 2 aromatic carbocycles. The minimum atomic E-state index is -0.338. The number of amides is 1. The number of anilines is 1. The van der Waals surface area contributed by atoms with E-state index in [2.05, 4.69) is 16.2 Å². The Morgan fingerprint density at radius 1 is 1.12 bits per heavy atom. The Hall–Kier alpha value is -2.02. The molecule has 0 fully saturated rings. The van der Waals surface area contributed by atoms with Crippen molar-refractivity contribution in [1.82, 2.24) is 10.9 Å². The number of carbonyl (C=O) groups excluding carboxylic acids is 1. The molecule has 0 spiro atoms. The molecule has 126 valence electrons. The number of thiocarbonyl (C=S) groups is 1. The maximum absolute atomic E-state index is 12.1. The standard InChI is InChI=1S/C16H15Cl2N3O2S/c1-2-23-12-5-3-4-10(8-12)15(22)20-21-16(24)19-11-6-7-13(17)14(18)9-11/h3-9H,2H2,1H3,(H,20,22)(H2,19,21,24). The topological polar surface area (TPSA) is 62.4 Å². The lowest BCUT2D eigenvalue weighted by molar-refractivity contribution is 0.0943. The van der Waals surface area contributed by atoms with E-state index >= 15 is 0 Å². The Balaban J connectivity index is 1.90. The first-order valence-corrected chi connectivity index (χ1v) is 8.21. The second kappa shape index (κ2) is 8.73. The molecule has 8 heteroatoms. The molecule has 2 aromatic rings. The fourth-order valence-electron chi connectivity index (χ4n) is 1.82. The first-order chi connectivity index (χ1) is 11.5.